The maximum Gasteiger partial charge on any atom is 0.336 e. The van der Waals surface area contributed by atoms with Crippen LogP contribution < -0.4 is 10.4 Å². The molecule has 0 spiro atoms. The monoisotopic (exact) mass is 386 g/mol. The van der Waals surface area contributed by atoms with E-state index in [2.05, 4.69) is 0 Å². The van der Waals surface area contributed by atoms with Gasteiger partial charge in [0.25, 0.3) is 0 Å². The Morgan fingerprint density at radius 1 is 1.11 bits per heavy atom. The summed E-state index contributed by atoms with van der Waals surface area (Å²) >= 11 is 0. The normalized spacial score (nSPS) is 18.2. The fourth-order valence-corrected chi connectivity index (χ4v) is 3.25. The molecule has 0 radical (unpaired) electrons. The Hall–Kier alpha value is -3.09. The molecule has 0 saturated carbocycles. The van der Waals surface area contributed by atoms with Gasteiger partial charge in [-0.15, -0.1) is 0 Å². The number of hydrogen-bond acceptors (Lipinski definition) is 7. The minimum absolute atomic E-state index is 0.283. The molecule has 7 heteroatoms. The highest BCUT2D eigenvalue weighted by molar-refractivity contribution is 5.84. The molecule has 2 heterocycles. The van der Waals surface area contributed by atoms with E-state index in [4.69, 9.17) is 18.6 Å². The molecule has 2 atom stereocenters. The van der Waals surface area contributed by atoms with Crippen LogP contribution in [0.5, 0.6) is 5.75 Å². The zero-order valence-corrected chi connectivity index (χ0v) is 16.4. The predicted molar refractivity (Wildman–Crippen MR) is 101 cm³/mol. The third-order valence-electron chi connectivity index (χ3n) is 4.35. The van der Waals surface area contributed by atoms with E-state index in [9.17, 15) is 14.4 Å². The predicted octanol–water partition coefficient (Wildman–Crippen LogP) is 3.45. The van der Waals surface area contributed by atoms with Gasteiger partial charge in [-0.1, -0.05) is 5.57 Å². The minimum atomic E-state index is -1.14. The molecule has 7 nitrogen and oxygen atoms in total. The molecule has 2 aromatic rings. The van der Waals surface area contributed by atoms with Crippen LogP contribution in [0.2, 0.25) is 0 Å². The van der Waals surface area contributed by atoms with Crippen LogP contribution in [0.25, 0.3) is 11.0 Å². The second kappa shape index (κ2) is 7.14. The summed E-state index contributed by atoms with van der Waals surface area (Å²) in [6.07, 6.45) is -0.354. The zero-order chi connectivity index (χ0) is 20.6. The summed E-state index contributed by atoms with van der Waals surface area (Å²) in [5.41, 5.74) is -0.142. The third-order valence-corrected chi connectivity index (χ3v) is 4.35. The Morgan fingerprint density at radius 2 is 1.79 bits per heavy atom. The number of fused-ring (bicyclic) bond motifs is 3. The smallest absolute Gasteiger partial charge is 0.336 e. The molecule has 0 N–H and O–H groups in total. The van der Waals surface area contributed by atoms with Crippen LogP contribution in [0, 0.1) is 0 Å². The lowest BCUT2D eigenvalue weighted by Gasteiger charge is -2.33. The van der Waals surface area contributed by atoms with E-state index in [1.165, 1.54) is 19.1 Å². The van der Waals surface area contributed by atoms with E-state index in [1.807, 2.05) is 0 Å². The number of esters is 2. The first-order valence-electron chi connectivity index (χ1n) is 8.87. The fourth-order valence-electron chi connectivity index (χ4n) is 3.25. The van der Waals surface area contributed by atoms with Crippen molar-refractivity contribution in [3.8, 4) is 5.75 Å². The van der Waals surface area contributed by atoms with Gasteiger partial charge in [0.1, 0.15) is 16.9 Å². The third kappa shape index (κ3) is 3.78. The Morgan fingerprint density at radius 3 is 2.43 bits per heavy atom. The lowest BCUT2D eigenvalue weighted by Crippen LogP contribution is -2.46. The van der Waals surface area contributed by atoms with Crippen LogP contribution in [0.1, 0.15) is 46.3 Å². The SMILES string of the molecule is CC(=O)O[C@H]1c2c(ccc3ccc(=O)oc23)O[C@@H]1C(C)(C)OC(=O)C=C(C)C. The van der Waals surface area contributed by atoms with Crippen LogP contribution in [0.15, 0.2) is 45.1 Å². The lowest BCUT2D eigenvalue weighted by atomic mass is 9.93. The highest BCUT2D eigenvalue weighted by Crippen LogP contribution is 2.47. The van der Waals surface area contributed by atoms with Gasteiger partial charge in [-0.2, -0.15) is 0 Å². The molecular weight excluding hydrogens is 364 g/mol. The molecule has 0 fully saturated rings. The fraction of sp³-hybridized carbons (Fsp3) is 0.381. The maximum absolute atomic E-state index is 12.2. The summed E-state index contributed by atoms with van der Waals surface area (Å²) in [5, 5.41) is 0.666. The summed E-state index contributed by atoms with van der Waals surface area (Å²) < 4.78 is 22.5. The van der Waals surface area contributed by atoms with E-state index in [0.29, 0.717) is 16.7 Å². The van der Waals surface area contributed by atoms with Crippen molar-refractivity contribution in [2.45, 2.75) is 52.4 Å². The van der Waals surface area contributed by atoms with Gasteiger partial charge in [0.05, 0.1) is 5.56 Å². The molecule has 3 rings (SSSR count). The molecule has 0 saturated heterocycles. The van der Waals surface area contributed by atoms with Gasteiger partial charge in [-0.05, 0) is 45.9 Å². The molecule has 0 bridgehead atoms. The number of benzene rings is 1. The van der Waals surface area contributed by atoms with Crippen molar-refractivity contribution in [1.29, 1.82) is 0 Å². The minimum Gasteiger partial charge on any atom is -0.481 e. The first-order chi connectivity index (χ1) is 13.1. The van der Waals surface area contributed by atoms with Gasteiger partial charge in [-0.25, -0.2) is 9.59 Å². The second-order valence-electron chi connectivity index (χ2n) is 7.46. The highest BCUT2D eigenvalue weighted by Gasteiger charge is 2.49. The molecule has 0 aliphatic carbocycles. The average molecular weight is 386 g/mol. The van der Waals surface area contributed by atoms with Crippen molar-refractivity contribution in [2.75, 3.05) is 0 Å². The molecular formula is C21H22O7. The summed E-state index contributed by atoms with van der Waals surface area (Å²) in [6.45, 7) is 8.20. The van der Waals surface area contributed by atoms with E-state index < -0.39 is 35.4 Å². The summed E-state index contributed by atoms with van der Waals surface area (Å²) in [6, 6.07) is 6.39. The van der Waals surface area contributed by atoms with Crippen molar-refractivity contribution in [3.05, 3.63) is 51.9 Å². The molecule has 1 aliphatic rings. The van der Waals surface area contributed by atoms with Crippen LogP contribution in [0.3, 0.4) is 0 Å². The summed E-state index contributed by atoms with van der Waals surface area (Å²) in [4.78, 5) is 35.7. The Balaban J connectivity index is 2.07. The van der Waals surface area contributed by atoms with Crippen molar-refractivity contribution >= 4 is 22.9 Å². The van der Waals surface area contributed by atoms with E-state index >= 15 is 0 Å². The van der Waals surface area contributed by atoms with Gasteiger partial charge < -0.3 is 18.6 Å². The molecule has 1 aromatic carbocycles. The number of ether oxygens (including phenoxy) is 3. The standard InChI is InChI=1S/C21H22O7/c1-11(2)10-16(24)28-21(4,5)20-19(25-12(3)22)17-14(26-20)8-6-13-7-9-15(23)27-18(13)17/h6-10,19-20H,1-5H3/t19-,20-/m0/s1. The molecule has 28 heavy (non-hydrogen) atoms. The van der Waals surface area contributed by atoms with Gasteiger partial charge >= 0.3 is 17.6 Å². The highest BCUT2D eigenvalue weighted by atomic mass is 16.6. The number of allylic oxidation sites excluding steroid dienone is 1. The molecule has 0 unspecified atom stereocenters. The van der Waals surface area contributed by atoms with E-state index in [0.717, 1.165) is 5.57 Å². The largest absolute Gasteiger partial charge is 0.481 e. The van der Waals surface area contributed by atoms with Gasteiger partial charge in [-0.3, -0.25) is 4.79 Å². The topological polar surface area (TPSA) is 92.0 Å². The average Bonchev–Trinajstić information content (AvgIpc) is 2.92. The van der Waals surface area contributed by atoms with Crippen molar-refractivity contribution in [3.63, 3.8) is 0 Å². The summed E-state index contributed by atoms with van der Waals surface area (Å²) in [5.74, 6) is -0.653. The van der Waals surface area contributed by atoms with Crippen LogP contribution in [-0.2, 0) is 19.1 Å². The summed E-state index contributed by atoms with van der Waals surface area (Å²) in [7, 11) is 0. The number of carbonyl (C=O) groups is 2. The van der Waals surface area contributed by atoms with Crippen LogP contribution >= 0.6 is 0 Å². The van der Waals surface area contributed by atoms with Crippen molar-refractivity contribution < 1.29 is 28.2 Å². The Bertz CT molecular complexity index is 1020. The van der Waals surface area contributed by atoms with E-state index in [-0.39, 0.29) is 5.58 Å². The number of rotatable bonds is 4. The molecule has 1 aromatic heterocycles. The van der Waals surface area contributed by atoms with Gasteiger partial charge in [0.15, 0.2) is 12.2 Å². The second-order valence-corrected chi connectivity index (χ2v) is 7.46. The molecule has 0 amide bonds. The first-order valence-corrected chi connectivity index (χ1v) is 8.87. The first kappa shape index (κ1) is 19.7. The van der Waals surface area contributed by atoms with E-state index in [1.54, 1.807) is 45.9 Å². The van der Waals surface area contributed by atoms with Crippen molar-refractivity contribution in [2.24, 2.45) is 0 Å². The van der Waals surface area contributed by atoms with Gasteiger partial charge in [0, 0.05) is 24.5 Å². The van der Waals surface area contributed by atoms with Crippen LogP contribution in [0.4, 0.5) is 0 Å². The Kier molecular flexibility index (Phi) is 5.02. The zero-order valence-electron chi connectivity index (χ0n) is 16.4. The van der Waals surface area contributed by atoms with Crippen LogP contribution in [-0.4, -0.2) is 23.6 Å². The number of carbonyl (C=O) groups excluding carboxylic acids is 2. The van der Waals surface area contributed by atoms with Crippen molar-refractivity contribution in [1.82, 2.24) is 0 Å². The molecule has 148 valence electrons. The number of hydrogen-bond donors (Lipinski definition) is 0. The maximum atomic E-state index is 12.2. The van der Waals surface area contributed by atoms with Gasteiger partial charge in [0.2, 0.25) is 0 Å². The lowest BCUT2D eigenvalue weighted by molar-refractivity contribution is -0.172. The molecule has 1 aliphatic heterocycles. The Labute approximate surface area is 161 Å². The quantitative estimate of drug-likeness (QED) is 0.451.